The Labute approximate surface area is 100.0 Å². The Morgan fingerprint density at radius 2 is 2.12 bits per heavy atom. The van der Waals surface area contributed by atoms with Gasteiger partial charge >= 0.3 is 6.03 Å². The van der Waals surface area contributed by atoms with Crippen molar-refractivity contribution in [2.24, 2.45) is 0 Å². The summed E-state index contributed by atoms with van der Waals surface area (Å²) in [4.78, 5) is 15.4. The van der Waals surface area contributed by atoms with Crippen LogP contribution in [0.15, 0.2) is 45.6 Å². The number of hydrogen-bond donors (Lipinski definition) is 2. The molecule has 2 N–H and O–H groups in total. The molecular weight excluding hydrogens is 274 g/mol. The summed E-state index contributed by atoms with van der Waals surface area (Å²) in [5.41, 5.74) is 0. The number of anilines is 2. The fraction of sp³-hybridized carbons (Fsp3) is 0. The first-order chi connectivity index (χ1) is 7.74. The molecule has 2 aromatic rings. The Bertz CT molecular complexity index is 484. The Kier molecular flexibility index (Phi) is 3.21. The molecule has 0 bridgehead atoms. The number of furan rings is 1. The first-order valence-corrected chi connectivity index (χ1v) is 5.28. The predicted octanol–water partition coefficient (Wildman–Crippen LogP) is 3.08. The Morgan fingerprint density at radius 1 is 1.25 bits per heavy atom. The van der Waals surface area contributed by atoms with E-state index < -0.39 is 6.03 Å². The molecule has 0 fully saturated rings. The van der Waals surface area contributed by atoms with E-state index in [0.717, 1.165) is 0 Å². The molecule has 0 saturated carbocycles. The van der Waals surface area contributed by atoms with Gasteiger partial charge in [-0.25, -0.2) is 9.78 Å². The van der Waals surface area contributed by atoms with Gasteiger partial charge in [-0.15, -0.1) is 0 Å². The highest BCUT2D eigenvalue weighted by molar-refractivity contribution is 9.10. The number of carbonyl (C=O) groups is 1. The van der Waals surface area contributed by atoms with E-state index in [-0.39, 0.29) is 0 Å². The molecule has 0 unspecified atom stereocenters. The Morgan fingerprint density at radius 3 is 2.75 bits per heavy atom. The van der Waals surface area contributed by atoms with E-state index in [2.05, 4.69) is 31.5 Å². The number of rotatable bonds is 2. The van der Waals surface area contributed by atoms with Crippen LogP contribution in [0.3, 0.4) is 0 Å². The third kappa shape index (κ3) is 2.83. The second-order valence-electron chi connectivity index (χ2n) is 2.90. The summed E-state index contributed by atoms with van der Waals surface area (Å²) in [6, 6.07) is 8.18. The minimum atomic E-state index is -0.402. The molecule has 0 aliphatic heterocycles. The van der Waals surface area contributed by atoms with Crippen LogP contribution in [0.4, 0.5) is 16.5 Å². The smallest absolute Gasteiger partial charge is 0.327 e. The molecule has 0 aliphatic rings. The zero-order valence-corrected chi connectivity index (χ0v) is 9.69. The number of amides is 2. The Hall–Kier alpha value is -1.82. The van der Waals surface area contributed by atoms with Crippen LogP contribution in [0.5, 0.6) is 0 Å². The number of hydrogen-bond acceptors (Lipinski definition) is 3. The van der Waals surface area contributed by atoms with Gasteiger partial charge in [0.1, 0.15) is 5.82 Å². The van der Waals surface area contributed by atoms with Crippen LogP contribution in [0.1, 0.15) is 0 Å². The van der Waals surface area contributed by atoms with Crippen molar-refractivity contribution in [1.29, 1.82) is 0 Å². The SMILES string of the molecule is O=C(Nc1ccccn1)Nc1ccc(Br)o1. The lowest BCUT2D eigenvalue weighted by Crippen LogP contribution is -2.19. The molecule has 0 spiro atoms. The topological polar surface area (TPSA) is 67.2 Å². The average molecular weight is 282 g/mol. The summed E-state index contributed by atoms with van der Waals surface area (Å²) in [7, 11) is 0. The molecular formula is C10H8BrN3O2. The number of nitrogens with one attached hydrogen (secondary N) is 2. The molecule has 2 rings (SSSR count). The normalized spacial score (nSPS) is 9.81. The summed E-state index contributed by atoms with van der Waals surface area (Å²) < 4.78 is 5.67. The number of nitrogens with zero attached hydrogens (tertiary/aromatic N) is 1. The minimum Gasteiger partial charge on any atom is -0.434 e. The Balaban J connectivity index is 1.95. The van der Waals surface area contributed by atoms with E-state index in [0.29, 0.717) is 16.4 Å². The van der Waals surface area contributed by atoms with E-state index in [9.17, 15) is 4.79 Å². The highest BCUT2D eigenvalue weighted by Crippen LogP contribution is 2.18. The second kappa shape index (κ2) is 4.80. The maximum Gasteiger partial charge on any atom is 0.327 e. The number of aromatic nitrogens is 1. The van der Waals surface area contributed by atoms with Crippen LogP contribution in [0.2, 0.25) is 0 Å². The minimum absolute atomic E-state index is 0.361. The van der Waals surface area contributed by atoms with Gasteiger partial charge in [0.05, 0.1) is 0 Å². The van der Waals surface area contributed by atoms with E-state index >= 15 is 0 Å². The van der Waals surface area contributed by atoms with Crippen molar-refractivity contribution in [3.05, 3.63) is 41.2 Å². The largest absolute Gasteiger partial charge is 0.434 e. The van der Waals surface area contributed by atoms with Crippen molar-refractivity contribution >= 4 is 33.7 Å². The van der Waals surface area contributed by atoms with Crippen LogP contribution < -0.4 is 10.6 Å². The van der Waals surface area contributed by atoms with Gasteiger partial charge < -0.3 is 4.42 Å². The summed E-state index contributed by atoms with van der Waals surface area (Å²) in [6.45, 7) is 0. The lowest BCUT2D eigenvalue weighted by molar-refractivity contribution is 0.261. The molecule has 16 heavy (non-hydrogen) atoms. The van der Waals surface area contributed by atoms with Crippen molar-refractivity contribution < 1.29 is 9.21 Å². The summed E-state index contributed by atoms with van der Waals surface area (Å²) in [6.07, 6.45) is 1.60. The van der Waals surface area contributed by atoms with E-state index in [1.54, 1.807) is 36.5 Å². The van der Waals surface area contributed by atoms with Crippen LogP contribution in [0, 0.1) is 0 Å². The lowest BCUT2D eigenvalue weighted by Gasteiger charge is -2.03. The maximum atomic E-state index is 11.5. The number of urea groups is 1. The van der Waals surface area contributed by atoms with Gasteiger partial charge in [0.25, 0.3) is 0 Å². The molecule has 0 aliphatic carbocycles. The molecule has 0 saturated heterocycles. The number of halogens is 1. The zero-order valence-electron chi connectivity index (χ0n) is 8.11. The van der Waals surface area contributed by atoms with Crippen molar-refractivity contribution in [2.45, 2.75) is 0 Å². The summed E-state index contributed by atoms with van der Waals surface area (Å²) >= 11 is 3.14. The monoisotopic (exact) mass is 281 g/mol. The van der Waals surface area contributed by atoms with Crippen molar-refractivity contribution in [2.75, 3.05) is 10.6 Å². The fourth-order valence-electron chi connectivity index (χ4n) is 1.08. The van der Waals surface area contributed by atoms with E-state index in [4.69, 9.17) is 4.42 Å². The second-order valence-corrected chi connectivity index (χ2v) is 3.68. The maximum absolute atomic E-state index is 11.5. The number of pyridine rings is 1. The first-order valence-electron chi connectivity index (χ1n) is 4.48. The molecule has 82 valence electrons. The van der Waals surface area contributed by atoms with Gasteiger partial charge in [0, 0.05) is 12.3 Å². The third-order valence-corrected chi connectivity index (χ3v) is 2.14. The number of carbonyl (C=O) groups excluding carboxylic acids is 1. The van der Waals surface area contributed by atoms with Crippen LogP contribution >= 0.6 is 15.9 Å². The van der Waals surface area contributed by atoms with Gasteiger partial charge in [-0.3, -0.25) is 10.6 Å². The first kappa shape index (κ1) is 10.7. The molecule has 5 nitrogen and oxygen atoms in total. The van der Waals surface area contributed by atoms with Gasteiger partial charge in [-0.1, -0.05) is 6.07 Å². The van der Waals surface area contributed by atoms with Gasteiger partial charge in [0.15, 0.2) is 4.67 Å². The standard InChI is InChI=1S/C10H8BrN3O2/c11-7-4-5-9(16-7)14-10(15)13-8-3-1-2-6-12-8/h1-6H,(H2,12,13,14,15). The van der Waals surface area contributed by atoms with Crippen molar-refractivity contribution in [1.82, 2.24) is 4.98 Å². The molecule has 0 atom stereocenters. The van der Waals surface area contributed by atoms with Crippen LogP contribution in [0.25, 0.3) is 0 Å². The van der Waals surface area contributed by atoms with Gasteiger partial charge in [-0.2, -0.15) is 0 Å². The summed E-state index contributed by atoms with van der Waals surface area (Å²) in [5.74, 6) is 0.839. The van der Waals surface area contributed by atoms with Gasteiger partial charge in [-0.05, 0) is 34.1 Å². The fourth-order valence-corrected chi connectivity index (χ4v) is 1.38. The van der Waals surface area contributed by atoms with Crippen molar-refractivity contribution in [3.63, 3.8) is 0 Å². The molecule has 6 heteroatoms. The third-order valence-electron chi connectivity index (χ3n) is 1.72. The van der Waals surface area contributed by atoms with Gasteiger partial charge in [0.2, 0.25) is 5.88 Å². The lowest BCUT2D eigenvalue weighted by atomic mass is 10.5. The molecule has 2 heterocycles. The quantitative estimate of drug-likeness (QED) is 0.889. The van der Waals surface area contributed by atoms with E-state index in [1.165, 1.54) is 0 Å². The van der Waals surface area contributed by atoms with Crippen LogP contribution in [-0.2, 0) is 0 Å². The van der Waals surface area contributed by atoms with Crippen molar-refractivity contribution in [3.8, 4) is 0 Å². The van der Waals surface area contributed by atoms with Crippen LogP contribution in [-0.4, -0.2) is 11.0 Å². The molecule has 0 radical (unpaired) electrons. The molecule has 2 amide bonds. The highest BCUT2D eigenvalue weighted by atomic mass is 79.9. The zero-order chi connectivity index (χ0) is 11.4. The molecule has 2 aromatic heterocycles. The summed E-state index contributed by atoms with van der Waals surface area (Å²) in [5, 5.41) is 5.09. The van der Waals surface area contributed by atoms with E-state index in [1.807, 2.05) is 0 Å². The molecule has 0 aromatic carbocycles. The predicted molar refractivity (Wildman–Crippen MR) is 63.3 cm³/mol. The average Bonchev–Trinajstić information content (AvgIpc) is 2.65. The highest BCUT2D eigenvalue weighted by Gasteiger charge is 2.05.